The molecule has 0 saturated heterocycles. The third kappa shape index (κ3) is 1.35. The van der Waals surface area contributed by atoms with Crippen molar-refractivity contribution >= 4 is 33.2 Å². The third-order valence-corrected chi connectivity index (χ3v) is 3.28. The first-order valence-corrected chi connectivity index (χ1v) is 5.75. The van der Waals surface area contributed by atoms with E-state index < -0.39 is 0 Å². The molecule has 0 aliphatic heterocycles. The van der Waals surface area contributed by atoms with Crippen molar-refractivity contribution in [2.24, 2.45) is 0 Å². The van der Waals surface area contributed by atoms with E-state index in [1.54, 1.807) is 0 Å². The van der Waals surface area contributed by atoms with Crippen molar-refractivity contribution < 1.29 is 0 Å². The van der Waals surface area contributed by atoms with Crippen LogP contribution < -0.4 is 0 Å². The molecule has 1 fully saturated rings. The molecule has 0 spiro atoms. The van der Waals surface area contributed by atoms with Gasteiger partial charge in [0.15, 0.2) is 5.65 Å². The van der Waals surface area contributed by atoms with Crippen LogP contribution >= 0.6 is 27.5 Å². The van der Waals surface area contributed by atoms with E-state index in [2.05, 4.69) is 27.1 Å². The standard InChI is InChI=1S/C10H8BrClN2/c11-8-3-7(12)4-14-5-9(6-1-2-6)13-10(8)14/h3-6H,1-2H2. The molecule has 1 aliphatic carbocycles. The molecule has 14 heavy (non-hydrogen) atoms. The number of pyridine rings is 1. The average molecular weight is 272 g/mol. The summed E-state index contributed by atoms with van der Waals surface area (Å²) in [5.74, 6) is 0.681. The van der Waals surface area contributed by atoms with Gasteiger partial charge in [0.1, 0.15) is 0 Å². The summed E-state index contributed by atoms with van der Waals surface area (Å²) in [5, 5.41) is 0.726. The van der Waals surface area contributed by atoms with Crippen LogP contribution in [0.5, 0.6) is 0 Å². The van der Waals surface area contributed by atoms with Gasteiger partial charge in [-0.25, -0.2) is 4.98 Å². The predicted molar refractivity (Wildman–Crippen MR) is 59.9 cm³/mol. The molecule has 3 rings (SSSR count). The van der Waals surface area contributed by atoms with Crippen molar-refractivity contribution in [2.75, 3.05) is 0 Å². The lowest BCUT2D eigenvalue weighted by Gasteiger charge is -1.96. The molecular formula is C10H8BrClN2. The zero-order chi connectivity index (χ0) is 9.71. The lowest BCUT2D eigenvalue weighted by Crippen LogP contribution is -1.83. The van der Waals surface area contributed by atoms with Gasteiger partial charge in [-0.1, -0.05) is 11.6 Å². The van der Waals surface area contributed by atoms with Gasteiger partial charge < -0.3 is 4.40 Å². The first-order chi connectivity index (χ1) is 6.74. The molecule has 0 amide bonds. The van der Waals surface area contributed by atoms with Gasteiger partial charge in [0.25, 0.3) is 0 Å². The van der Waals surface area contributed by atoms with E-state index in [-0.39, 0.29) is 0 Å². The van der Waals surface area contributed by atoms with Crippen molar-refractivity contribution in [1.82, 2.24) is 9.38 Å². The monoisotopic (exact) mass is 270 g/mol. The van der Waals surface area contributed by atoms with Gasteiger partial charge in [0, 0.05) is 18.3 Å². The molecule has 0 atom stereocenters. The van der Waals surface area contributed by atoms with Gasteiger partial charge in [-0.2, -0.15) is 0 Å². The van der Waals surface area contributed by atoms with Gasteiger partial charge in [-0.15, -0.1) is 0 Å². The highest BCUT2D eigenvalue weighted by Crippen LogP contribution is 2.40. The van der Waals surface area contributed by atoms with Crippen molar-refractivity contribution in [3.05, 3.63) is 33.6 Å². The Hall–Kier alpha value is -0.540. The Morgan fingerprint density at radius 2 is 2.21 bits per heavy atom. The fraction of sp³-hybridized carbons (Fsp3) is 0.300. The zero-order valence-electron chi connectivity index (χ0n) is 7.37. The predicted octanol–water partition coefficient (Wildman–Crippen LogP) is 3.63. The Balaban J connectivity index is 2.26. The van der Waals surface area contributed by atoms with Crippen LogP contribution in [-0.2, 0) is 0 Å². The highest BCUT2D eigenvalue weighted by molar-refractivity contribution is 9.10. The van der Waals surface area contributed by atoms with E-state index >= 15 is 0 Å². The Labute approximate surface area is 95.0 Å². The maximum absolute atomic E-state index is 5.95. The maximum Gasteiger partial charge on any atom is 0.151 e. The summed E-state index contributed by atoms with van der Waals surface area (Å²) in [6.45, 7) is 0. The number of aromatic nitrogens is 2. The van der Waals surface area contributed by atoms with Crippen LogP contribution in [-0.4, -0.2) is 9.38 Å². The smallest absolute Gasteiger partial charge is 0.151 e. The summed E-state index contributed by atoms with van der Waals surface area (Å²) in [5.41, 5.74) is 2.14. The van der Waals surface area contributed by atoms with Crippen molar-refractivity contribution in [1.29, 1.82) is 0 Å². The van der Waals surface area contributed by atoms with E-state index in [9.17, 15) is 0 Å². The Morgan fingerprint density at radius 1 is 1.43 bits per heavy atom. The molecule has 2 nitrogen and oxygen atoms in total. The largest absolute Gasteiger partial charge is 0.304 e. The normalized spacial score (nSPS) is 16.4. The Kier molecular flexibility index (Phi) is 1.86. The number of halogens is 2. The Morgan fingerprint density at radius 3 is 2.93 bits per heavy atom. The second-order valence-electron chi connectivity index (χ2n) is 3.68. The van der Waals surface area contributed by atoms with Crippen LogP contribution in [0, 0.1) is 0 Å². The Bertz CT molecular complexity index is 502. The van der Waals surface area contributed by atoms with Crippen LogP contribution in [0.1, 0.15) is 24.5 Å². The van der Waals surface area contributed by atoms with Gasteiger partial charge in [-0.3, -0.25) is 0 Å². The van der Waals surface area contributed by atoms with E-state index in [1.165, 1.54) is 18.5 Å². The maximum atomic E-state index is 5.95. The summed E-state index contributed by atoms with van der Waals surface area (Å²) >= 11 is 9.41. The SMILES string of the molecule is Clc1cc(Br)c2nc(C3CC3)cn2c1. The van der Waals surface area contributed by atoms with Crippen molar-refractivity contribution in [3.8, 4) is 0 Å². The van der Waals surface area contributed by atoms with Crippen LogP contribution in [0.3, 0.4) is 0 Å². The van der Waals surface area contributed by atoms with Gasteiger partial charge >= 0.3 is 0 Å². The molecule has 1 aliphatic rings. The number of nitrogens with zero attached hydrogens (tertiary/aromatic N) is 2. The molecule has 4 heteroatoms. The summed E-state index contributed by atoms with van der Waals surface area (Å²) in [6, 6.07) is 1.88. The number of hydrogen-bond acceptors (Lipinski definition) is 1. The lowest BCUT2D eigenvalue weighted by atomic mass is 10.3. The summed E-state index contributed by atoms with van der Waals surface area (Å²) in [6.07, 6.45) is 6.51. The summed E-state index contributed by atoms with van der Waals surface area (Å²) in [4.78, 5) is 4.57. The molecule has 72 valence electrons. The number of rotatable bonds is 1. The highest BCUT2D eigenvalue weighted by atomic mass is 79.9. The lowest BCUT2D eigenvalue weighted by molar-refractivity contribution is 1.06. The van der Waals surface area contributed by atoms with E-state index in [0.29, 0.717) is 5.92 Å². The molecule has 1 saturated carbocycles. The molecule has 0 radical (unpaired) electrons. The van der Waals surface area contributed by atoms with Gasteiger partial charge in [0.05, 0.1) is 15.2 Å². The molecular weight excluding hydrogens is 263 g/mol. The number of hydrogen-bond donors (Lipinski definition) is 0. The molecule has 0 unspecified atom stereocenters. The zero-order valence-corrected chi connectivity index (χ0v) is 9.72. The molecule has 0 aromatic carbocycles. The second-order valence-corrected chi connectivity index (χ2v) is 4.97. The van der Waals surface area contributed by atoms with Crippen LogP contribution in [0.15, 0.2) is 22.9 Å². The van der Waals surface area contributed by atoms with E-state index in [4.69, 9.17) is 11.6 Å². The average Bonchev–Trinajstić information content (AvgIpc) is 2.87. The number of fused-ring (bicyclic) bond motifs is 1. The minimum atomic E-state index is 0.681. The van der Waals surface area contributed by atoms with Crippen LogP contribution in [0.25, 0.3) is 5.65 Å². The molecule has 2 aromatic rings. The minimum Gasteiger partial charge on any atom is -0.304 e. The summed E-state index contributed by atoms with van der Waals surface area (Å²) < 4.78 is 2.94. The fourth-order valence-corrected chi connectivity index (χ4v) is 2.51. The molecule has 0 bridgehead atoms. The quantitative estimate of drug-likeness (QED) is 0.774. The minimum absolute atomic E-state index is 0.681. The first-order valence-electron chi connectivity index (χ1n) is 4.58. The highest BCUT2D eigenvalue weighted by Gasteiger charge is 2.26. The molecule has 2 aromatic heterocycles. The second kappa shape index (κ2) is 2.97. The van der Waals surface area contributed by atoms with Crippen molar-refractivity contribution in [2.45, 2.75) is 18.8 Å². The van der Waals surface area contributed by atoms with Crippen LogP contribution in [0.4, 0.5) is 0 Å². The fourth-order valence-electron chi connectivity index (χ4n) is 1.62. The third-order valence-electron chi connectivity index (χ3n) is 2.49. The van der Waals surface area contributed by atoms with Crippen LogP contribution in [0.2, 0.25) is 5.02 Å². The van der Waals surface area contributed by atoms with E-state index in [0.717, 1.165) is 15.1 Å². The van der Waals surface area contributed by atoms with Gasteiger partial charge in [0.2, 0.25) is 0 Å². The van der Waals surface area contributed by atoms with Crippen molar-refractivity contribution in [3.63, 3.8) is 0 Å². The number of imidazole rings is 1. The molecule has 2 heterocycles. The topological polar surface area (TPSA) is 17.3 Å². The van der Waals surface area contributed by atoms with E-state index in [1.807, 2.05) is 16.7 Å². The molecule has 0 N–H and O–H groups in total. The van der Waals surface area contributed by atoms with Gasteiger partial charge in [-0.05, 0) is 34.8 Å². The first kappa shape index (κ1) is 8.74. The summed E-state index contributed by atoms with van der Waals surface area (Å²) in [7, 11) is 0.